The van der Waals surface area contributed by atoms with Crippen LogP contribution in [0.3, 0.4) is 0 Å². The molecule has 0 spiro atoms. The van der Waals surface area contributed by atoms with Gasteiger partial charge in [-0.3, -0.25) is 9.59 Å². The zero-order chi connectivity index (χ0) is 16.4. The van der Waals surface area contributed by atoms with Gasteiger partial charge in [-0.2, -0.15) is 0 Å². The Hall–Kier alpha value is -1.97. The van der Waals surface area contributed by atoms with E-state index in [-0.39, 0.29) is 24.8 Å². The number of Topliss-reactive ketones (excluding diaryl/α,β-unsaturated/α-hetero) is 2. The third-order valence-corrected chi connectivity index (χ3v) is 4.40. The van der Waals surface area contributed by atoms with Crippen molar-refractivity contribution in [3.05, 3.63) is 58.6 Å². The van der Waals surface area contributed by atoms with Gasteiger partial charge in [-0.05, 0) is 46.9 Å². The highest BCUT2D eigenvalue weighted by molar-refractivity contribution is 6.30. The van der Waals surface area contributed by atoms with Crippen molar-refractivity contribution in [2.24, 2.45) is 0 Å². The standard InChI is InChI=1S/C19H17ClO3/c1-2-12-3-4-14(13-5-7-15(20)8-6-13)9-16(12)19-17(21)10-23-11-18(19)22/h3-9,19H,2,10-11H2,1H3. The van der Waals surface area contributed by atoms with E-state index in [2.05, 4.69) is 0 Å². The summed E-state index contributed by atoms with van der Waals surface area (Å²) < 4.78 is 5.03. The Morgan fingerprint density at radius 1 is 1.00 bits per heavy atom. The van der Waals surface area contributed by atoms with Crippen LogP contribution >= 0.6 is 11.6 Å². The van der Waals surface area contributed by atoms with Crippen LogP contribution in [0.25, 0.3) is 11.1 Å². The third-order valence-electron chi connectivity index (χ3n) is 4.15. The summed E-state index contributed by atoms with van der Waals surface area (Å²) in [7, 11) is 0. The molecule has 2 aromatic carbocycles. The summed E-state index contributed by atoms with van der Waals surface area (Å²) >= 11 is 5.93. The first-order valence-electron chi connectivity index (χ1n) is 7.62. The van der Waals surface area contributed by atoms with Crippen LogP contribution in [0.15, 0.2) is 42.5 Å². The average Bonchev–Trinajstić information content (AvgIpc) is 2.55. The molecule has 1 fully saturated rings. The van der Waals surface area contributed by atoms with Crippen molar-refractivity contribution in [2.45, 2.75) is 19.3 Å². The molecule has 0 bridgehead atoms. The maximum Gasteiger partial charge on any atom is 0.173 e. The van der Waals surface area contributed by atoms with E-state index in [1.807, 2.05) is 49.4 Å². The van der Waals surface area contributed by atoms with Crippen LogP contribution in [0, 0.1) is 0 Å². The Kier molecular flexibility index (Phi) is 4.60. The zero-order valence-electron chi connectivity index (χ0n) is 12.8. The Morgan fingerprint density at radius 2 is 1.61 bits per heavy atom. The number of hydrogen-bond donors (Lipinski definition) is 0. The van der Waals surface area contributed by atoms with Crippen LogP contribution in [0.5, 0.6) is 0 Å². The van der Waals surface area contributed by atoms with Gasteiger partial charge in [-0.1, -0.05) is 42.8 Å². The summed E-state index contributed by atoms with van der Waals surface area (Å²) in [5, 5.41) is 0.675. The van der Waals surface area contributed by atoms with Gasteiger partial charge in [-0.15, -0.1) is 0 Å². The van der Waals surface area contributed by atoms with Gasteiger partial charge in [0.15, 0.2) is 11.6 Å². The summed E-state index contributed by atoms with van der Waals surface area (Å²) in [5.74, 6) is -1.03. The highest BCUT2D eigenvalue weighted by Gasteiger charge is 2.33. The fourth-order valence-corrected chi connectivity index (χ4v) is 3.08. The molecule has 1 aliphatic rings. The molecule has 118 valence electrons. The number of carbonyl (C=O) groups excluding carboxylic acids is 2. The van der Waals surface area contributed by atoms with E-state index in [4.69, 9.17) is 16.3 Å². The number of carbonyl (C=O) groups is 2. The normalized spacial score (nSPS) is 15.9. The van der Waals surface area contributed by atoms with Gasteiger partial charge in [-0.25, -0.2) is 0 Å². The minimum atomic E-state index is -0.703. The summed E-state index contributed by atoms with van der Waals surface area (Å²) in [6.45, 7) is 2.03. The minimum Gasteiger partial charge on any atom is -0.366 e. The molecule has 3 rings (SSSR count). The van der Waals surface area contributed by atoms with Crippen molar-refractivity contribution in [3.8, 4) is 11.1 Å². The first-order chi connectivity index (χ1) is 11.1. The number of ether oxygens (including phenoxy) is 1. The molecule has 0 atom stereocenters. The lowest BCUT2D eigenvalue weighted by Gasteiger charge is -2.23. The number of hydrogen-bond acceptors (Lipinski definition) is 3. The molecular weight excluding hydrogens is 312 g/mol. The summed E-state index contributed by atoms with van der Waals surface area (Å²) in [4.78, 5) is 24.4. The van der Waals surface area contributed by atoms with Crippen LogP contribution in [0.2, 0.25) is 5.02 Å². The number of benzene rings is 2. The Morgan fingerprint density at radius 3 is 2.22 bits per heavy atom. The molecule has 0 N–H and O–H groups in total. The Balaban J connectivity index is 2.07. The highest BCUT2D eigenvalue weighted by Crippen LogP contribution is 2.31. The van der Waals surface area contributed by atoms with Gasteiger partial charge in [0.2, 0.25) is 0 Å². The molecule has 0 saturated carbocycles. The van der Waals surface area contributed by atoms with E-state index >= 15 is 0 Å². The third kappa shape index (κ3) is 3.21. The van der Waals surface area contributed by atoms with E-state index in [1.165, 1.54) is 0 Å². The lowest BCUT2D eigenvalue weighted by molar-refractivity contribution is -0.141. The molecule has 3 nitrogen and oxygen atoms in total. The number of rotatable bonds is 3. The lowest BCUT2D eigenvalue weighted by Crippen LogP contribution is -2.35. The molecule has 0 aromatic heterocycles. The SMILES string of the molecule is CCc1ccc(-c2ccc(Cl)cc2)cc1C1C(=O)COCC1=O. The van der Waals surface area contributed by atoms with Crippen molar-refractivity contribution >= 4 is 23.2 Å². The summed E-state index contributed by atoms with van der Waals surface area (Å²) in [6, 6.07) is 13.5. The number of aryl methyl sites for hydroxylation is 1. The Bertz CT molecular complexity index is 734. The number of halogens is 1. The predicted molar refractivity (Wildman–Crippen MR) is 89.8 cm³/mol. The molecular formula is C19H17ClO3. The molecule has 1 heterocycles. The van der Waals surface area contributed by atoms with Gasteiger partial charge < -0.3 is 4.74 Å². The van der Waals surface area contributed by atoms with Crippen molar-refractivity contribution in [1.29, 1.82) is 0 Å². The molecule has 1 saturated heterocycles. The van der Waals surface area contributed by atoms with E-state index in [9.17, 15) is 9.59 Å². The molecule has 0 amide bonds. The van der Waals surface area contributed by atoms with E-state index in [0.717, 1.165) is 28.7 Å². The monoisotopic (exact) mass is 328 g/mol. The van der Waals surface area contributed by atoms with Gasteiger partial charge in [0.1, 0.15) is 19.1 Å². The van der Waals surface area contributed by atoms with Crippen molar-refractivity contribution < 1.29 is 14.3 Å². The van der Waals surface area contributed by atoms with Crippen LogP contribution in [-0.2, 0) is 20.7 Å². The largest absolute Gasteiger partial charge is 0.366 e. The molecule has 0 aliphatic carbocycles. The van der Waals surface area contributed by atoms with Crippen LogP contribution in [0.1, 0.15) is 24.0 Å². The minimum absolute atomic E-state index is 0.00470. The second kappa shape index (κ2) is 6.65. The van der Waals surface area contributed by atoms with E-state index in [1.54, 1.807) is 0 Å². The van der Waals surface area contributed by atoms with E-state index in [0.29, 0.717) is 5.02 Å². The molecule has 0 radical (unpaired) electrons. The maximum absolute atomic E-state index is 12.2. The summed E-state index contributed by atoms with van der Waals surface area (Å²) in [5.41, 5.74) is 3.81. The highest BCUT2D eigenvalue weighted by atomic mass is 35.5. The molecule has 1 aliphatic heterocycles. The quantitative estimate of drug-likeness (QED) is 0.804. The van der Waals surface area contributed by atoms with Crippen LogP contribution < -0.4 is 0 Å². The van der Waals surface area contributed by atoms with Crippen molar-refractivity contribution in [2.75, 3.05) is 13.2 Å². The van der Waals surface area contributed by atoms with Gasteiger partial charge in [0.25, 0.3) is 0 Å². The van der Waals surface area contributed by atoms with Gasteiger partial charge in [0.05, 0.1) is 0 Å². The molecule has 4 heteroatoms. The van der Waals surface area contributed by atoms with Crippen molar-refractivity contribution in [3.63, 3.8) is 0 Å². The fraction of sp³-hybridized carbons (Fsp3) is 0.263. The fourth-order valence-electron chi connectivity index (χ4n) is 2.95. The first-order valence-corrected chi connectivity index (χ1v) is 8.00. The Labute approximate surface area is 140 Å². The molecule has 0 unspecified atom stereocenters. The van der Waals surface area contributed by atoms with Crippen LogP contribution in [-0.4, -0.2) is 24.8 Å². The maximum atomic E-state index is 12.2. The lowest BCUT2D eigenvalue weighted by atomic mass is 9.84. The topological polar surface area (TPSA) is 43.4 Å². The van der Waals surface area contributed by atoms with Crippen molar-refractivity contribution in [1.82, 2.24) is 0 Å². The average molecular weight is 329 g/mol. The zero-order valence-corrected chi connectivity index (χ0v) is 13.6. The molecule has 2 aromatic rings. The predicted octanol–water partition coefficient (Wildman–Crippen LogP) is 3.82. The van der Waals surface area contributed by atoms with Gasteiger partial charge in [0, 0.05) is 5.02 Å². The number of ketones is 2. The second-order valence-corrected chi connectivity index (χ2v) is 6.07. The van der Waals surface area contributed by atoms with E-state index < -0.39 is 5.92 Å². The first kappa shape index (κ1) is 15.9. The smallest absolute Gasteiger partial charge is 0.173 e. The van der Waals surface area contributed by atoms with Gasteiger partial charge >= 0.3 is 0 Å². The summed E-state index contributed by atoms with van der Waals surface area (Å²) in [6.07, 6.45) is 0.772. The second-order valence-electron chi connectivity index (χ2n) is 5.63. The molecule has 23 heavy (non-hydrogen) atoms. The van der Waals surface area contributed by atoms with Crippen LogP contribution in [0.4, 0.5) is 0 Å².